The molecule has 2 N–H and O–H groups in total. The molecule has 0 fully saturated rings. The lowest BCUT2D eigenvalue weighted by Crippen LogP contribution is -2.25. The van der Waals surface area contributed by atoms with Crippen molar-refractivity contribution in [3.63, 3.8) is 0 Å². The van der Waals surface area contributed by atoms with E-state index in [1.54, 1.807) is 48.0 Å². The number of nitrogens with one attached hydrogen (secondary N) is 1. The molecule has 23 heavy (non-hydrogen) atoms. The number of amides is 1. The fraction of sp³-hybridized carbons (Fsp3) is 0.118. The number of benzene rings is 1. The standard InChI is InChI=1S/C17H15N3O2S/c21-14-3-1-12(2-4-14)15-11-23-16(20-15)7-10-19-17(22)13-5-8-18-9-6-13/h1-6,8-9,11,21H,7,10H2,(H,19,22). The van der Waals surface area contributed by atoms with Gasteiger partial charge in [0.1, 0.15) is 5.75 Å². The Hall–Kier alpha value is -2.73. The Balaban J connectivity index is 1.55. The largest absolute Gasteiger partial charge is 0.508 e. The SMILES string of the molecule is O=C(NCCc1nc(-c2ccc(O)cc2)cs1)c1ccncc1. The van der Waals surface area contributed by atoms with Crippen LogP contribution in [0.5, 0.6) is 5.75 Å². The number of rotatable bonds is 5. The van der Waals surface area contributed by atoms with Gasteiger partial charge >= 0.3 is 0 Å². The summed E-state index contributed by atoms with van der Waals surface area (Å²) in [6.07, 6.45) is 3.87. The quantitative estimate of drug-likeness (QED) is 0.756. The number of carbonyl (C=O) groups excluding carboxylic acids is 1. The third-order valence-electron chi connectivity index (χ3n) is 3.28. The number of thiazole rings is 1. The first-order valence-electron chi connectivity index (χ1n) is 7.14. The second-order valence-corrected chi connectivity index (χ2v) is 5.86. The van der Waals surface area contributed by atoms with Gasteiger partial charge in [0, 0.05) is 41.9 Å². The number of aromatic nitrogens is 2. The van der Waals surface area contributed by atoms with Crippen molar-refractivity contribution in [1.82, 2.24) is 15.3 Å². The Labute approximate surface area is 137 Å². The van der Waals surface area contributed by atoms with Crippen LogP contribution in [0.2, 0.25) is 0 Å². The Bertz CT molecular complexity index is 785. The molecule has 5 nitrogen and oxygen atoms in total. The van der Waals surface area contributed by atoms with E-state index in [1.165, 1.54) is 0 Å². The summed E-state index contributed by atoms with van der Waals surface area (Å²) in [7, 11) is 0. The van der Waals surface area contributed by atoms with Gasteiger partial charge in [0.05, 0.1) is 10.7 Å². The molecule has 2 aromatic heterocycles. The normalized spacial score (nSPS) is 10.4. The summed E-state index contributed by atoms with van der Waals surface area (Å²) in [5.41, 5.74) is 2.44. The van der Waals surface area contributed by atoms with Crippen LogP contribution in [-0.4, -0.2) is 27.5 Å². The van der Waals surface area contributed by atoms with Crippen LogP contribution < -0.4 is 5.32 Å². The van der Waals surface area contributed by atoms with E-state index in [9.17, 15) is 9.90 Å². The van der Waals surface area contributed by atoms with Crippen molar-refractivity contribution in [2.24, 2.45) is 0 Å². The Kier molecular flexibility index (Phi) is 4.63. The summed E-state index contributed by atoms with van der Waals surface area (Å²) in [4.78, 5) is 20.4. The van der Waals surface area contributed by atoms with Crippen molar-refractivity contribution in [1.29, 1.82) is 0 Å². The van der Waals surface area contributed by atoms with Crippen molar-refractivity contribution < 1.29 is 9.90 Å². The monoisotopic (exact) mass is 325 g/mol. The third-order valence-corrected chi connectivity index (χ3v) is 4.19. The second-order valence-electron chi connectivity index (χ2n) is 4.92. The van der Waals surface area contributed by atoms with Crippen LogP contribution in [0.25, 0.3) is 11.3 Å². The predicted octanol–water partition coefficient (Wildman–Crippen LogP) is 2.88. The van der Waals surface area contributed by atoms with Crippen LogP contribution in [0, 0.1) is 0 Å². The van der Waals surface area contributed by atoms with E-state index in [4.69, 9.17) is 0 Å². The Morgan fingerprint density at radius 1 is 1.13 bits per heavy atom. The lowest BCUT2D eigenvalue weighted by molar-refractivity contribution is 0.0954. The highest BCUT2D eigenvalue weighted by Crippen LogP contribution is 2.23. The summed E-state index contributed by atoms with van der Waals surface area (Å²) in [6.45, 7) is 0.531. The van der Waals surface area contributed by atoms with Crippen LogP contribution >= 0.6 is 11.3 Å². The summed E-state index contributed by atoms with van der Waals surface area (Å²) in [5, 5.41) is 15.1. The van der Waals surface area contributed by atoms with Gasteiger partial charge in [0.15, 0.2) is 0 Å². The number of phenolic OH excluding ortho intramolecular Hbond substituents is 1. The smallest absolute Gasteiger partial charge is 0.251 e. The zero-order valence-electron chi connectivity index (χ0n) is 12.3. The van der Waals surface area contributed by atoms with Crippen LogP contribution in [0.4, 0.5) is 0 Å². The number of hydrogen-bond donors (Lipinski definition) is 2. The van der Waals surface area contributed by atoms with E-state index in [0.29, 0.717) is 18.5 Å². The maximum Gasteiger partial charge on any atom is 0.251 e. The van der Waals surface area contributed by atoms with E-state index >= 15 is 0 Å². The topological polar surface area (TPSA) is 75.1 Å². The molecule has 0 spiro atoms. The molecule has 6 heteroatoms. The molecule has 116 valence electrons. The van der Waals surface area contributed by atoms with Crippen LogP contribution in [0.15, 0.2) is 54.2 Å². The second kappa shape index (κ2) is 7.02. The number of aromatic hydroxyl groups is 1. The summed E-state index contributed by atoms with van der Waals surface area (Å²) >= 11 is 1.56. The first-order valence-corrected chi connectivity index (χ1v) is 8.02. The fourth-order valence-corrected chi connectivity index (χ4v) is 2.89. The third kappa shape index (κ3) is 3.92. The van der Waals surface area contributed by atoms with E-state index in [1.807, 2.05) is 17.5 Å². The average molecular weight is 325 g/mol. The highest BCUT2D eigenvalue weighted by atomic mass is 32.1. The van der Waals surface area contributed by atoms with Gasteiger partial charge in [0.2, 0.25) is 0 Å². The molecule has 0 aliphatic heterocycles. The predicted molar refractivity (Wildman–Crippen MR) is 89.5 cm³/mol. The van der Waals surface area contributed by atoms with Gasteiger partial charge in [-0.2, -0.15) is 0 Å². The van der Waals surface area contributed by atoms with Gasteiger partial charge in [0.25, 0.3) is 5.91 Å². The van der Waals surface area contributed by atoms with Crippen molar-refractivity contribution in [2.45, 2.75) is 6.42 Å². The zero-order valence-corrected chi connectivity index (χ0v) is 13.1. The minimum absolute atomic E-state index is 0.109. The number of nitrogens with zero attached hydrogens (tertiary/aromatic N) is 2. The van der Waals surface area contributed by atoms with E-state index in [2.05, 4.69) is 15.3 Å². The average Bonchev–Trinajstić information content (AvgIpc) is 3.05. The van der Waals surface area contributed by atoms with E-state index in [-0.39, 0.29) is 11.7 Å². The molecule has 0 bridgehead atoms. The Morgan fingerprint density at radius 3 is 2.61 bits per heavy atom. The molecule has 0 saturated carbocycles. The van der Waals surface area contributed by atoms with Gasteiger partial charge in [-0.05, 0) is 36.4 Å². The molecular formula is C17H15N3O2S. The lowest BCUT2D eigenvalue weighted by Gasteiger charge is -2.03. The molecule has 0 atom stereocenters. The highest BCUT2D eigenvalue weighted by Gasteiger charge is 2.07. The van der Waals surface area contributed by atoms with Gasteiger partial charge < -0.3 is 10.4 Å². The van der Waals surface area contributed by atoms with Crippen molar-refractivity contribution in [2.75, 3.05) is 6.54 Å². The van der Waals surface area contributed by atoms with Gasteiger partial charge in [-0.3, -0.25) is 9.78 Å². The summed E-state index contributed by atoms with van der Waals surface area (Å²) in [5.74, 6) is 0.130. The molecule has 0 radical (unpaired) electrons. The lowest BCUT2D eigenvalue weighted by atomic mass is 10.2. The molecule has 0 saturated heterocycles. The van der Waals surface area contributed by atoms with Crippen molar-refractivity contribution in [3.05, 3.63) is 64.7 Å². The van der Waals surface area contributed by atoms with Crippen LogP contribution in [0.3, 0.4) is 0 Å². The molecule has 3 rings (SSSR count). The Morgan fingerprint density at radius 2 is 1.87 bits per heavy atom. The van der Waals surface area contributed by atoms with Crippen LogP contribution in [0.1, 0.15) is 15.4 Å². The number of hydrogen-bond acceptors (Lipinski definition) is 5. The fourth-order valence-electron chi connectivity index (χ4n) is 2.08. The molecule has 1 aromatic carbocycles. The molecule has 2 heterocycles. The van der Waals surface area contributed by atoms with E-state index < -0.39 is 0 Å². The van der Waals surface area contributed by atoms with Crippen molar-refractivity contribution >= 4 is 17.2 Å². The van der Waals surface area contributed by atoms with Gasteiger partial charge in [-0.15, -0.1) is 11.3 Å². The maximum atomic E-state index is 11.9. The zero-order chi connectivity index (χ0) is 16.1. The first-order chi connectivity index (χ1) is 11.2. The van der Waals surface area contributed by atoms with E-state index in [0.717, 1.165) is 16.3 Å². The number of pyridine rings is 1. The van der Waals surface area contributed by atoms with Gasteiger partial charge in [-0.1, -0.05) is 0 Å². The molecule has 3 aromatic rings. The maximum absolute atomic E-state index is 11.9. The molecule has 0 aliphatic carbocycles. The highest BCUT2D eigenvalue weighted by molar-refractivity contribution is 7.09. The molecule has 0 unspecified atom stereocenters. The molecular weight excluding hydrogens is 310 g/mol. The number of carbonyl (C=O) groups is 1. The molecule has 1 amide bonds. The first kappa shape index (κ1) is 15.2. The van der Waals surface area contributed by atoms with Crippen LogP contribution in [-0.2, 0) is 6.42 Å². The number of phenols is 1. The minimum atomic E-state index is -0.109. The molecule has 0 aliphatic rings. The summed E-state index contributed by atoms with van der Waals surface area (Å²) in [6, 6.07) is 10.3. The van der Waals surface area contributed by atoms with Gasteiger partial charge in [-0.25, -0.2) is 4.98 Å². The summed E-state index contributed by atoms with van der Waals surface area (Å²) < 4.78 is 0. The minimum Gasteiger partial charge on any atom is -0.508 e. The van der Waals surface area contributed by atoms with Crippen molar-refractivity contribution in [3.8, 4) is 17.0 Å².